The second-order valence-electron chi connectivity index (χ2n) is 4.12. The van der Waals surface area contributed by atoms with Gasteiger partial charge >= 0.3 is 6.36 Å². The average Bonchev–Trinajstić information content (AvgIpc) is 2.33. The van der Waals surface area contributed by atoms with E-state index in [0.717, 1.165) is 19.3 Å². The number of hydrogen-bond acceptors (Lipinski definition) is 3. The van der Waals surface area contributed by atoms with Gasteiger partial charge in [-0.2, -0.15) is 0 Å². The summed E-state index contributed by atoms with van der Waals surface area (Å²) >= 11 is 0. The molecule has 0 atom stereocenters. The third-order valence-corrected chi connectivity index (χ3v) is 2.53. The summed E-state index contributed by atoms with van der Waals surface area (Å²) in [5.41, 5.74) is 0.474. The highest BCUT2D eigenvalue weighted by atomic mass is 19.4. The first-order valence-electron chi connectivity index (χ1n) is 6.18. The molecular formula is C13H18F3NO2. The largest absolute Gasteiger partial charge is 0.573 e. The number of ether oxygens (including phenoxy) is 1. The van der Waals surface area contributed by atoms with E-state index in [1.54, 1.807) is 12.1 Å². The molecule has 0 saturated carbocycles. The minimum Gasteiger partial charge on any atom is -0.405 e. The average molecular weight is 277 g/mol. The van der Waals surface area contributed by atoms with Crippen molar-refractivity contribution < 1.29 is 23.0 Å². The molecule has 1 rings (SSSR count). The Bertz CT molecular complexity index is 369. The Morgan fingerprint density at radius 1 is 1.11 bits per heavy atom. The van der Waals surface area contributed by atoms with E-state index in [1.165, 1.54) is 12.1 Å². The fourth-order valence-electron chi connectivity index (χ4n) is 1.64. The molecule has 6 heteroatoms. The van der Waals surface area contributed by atoms with E-state index in [-0.39, 0.29) is 12.4 Å². The zero-order valence-corrected chi connectivity index (χ0v) is 10.5. The molecule has 0 aliphatic rings. The Balaban J connectivity index is 2.40. The number of alkyl halides is 3. The number of para-hydroxylation sites is 1. The monoisotopic (exact) mass is 277 g/mol. The Kier molecular flexibility index (Phi) is 6.66. The molecule has 0 radical (unpaired) electrons. The van der Waals surface area contributed by atoms with Crippen LogP contribution in [0.2, 0.25) is 0 Å². The van der Waals surface area contributed by atoms with E-state index in [0.29, 0.717) is 18.7 Å². The molecule has 1 aromatic rings. The van der Waals surface area contributed by atoms with Crippen molar-refractivity contribution in [3.63, 3.8) is 0 Å². The maximum Gasteiger partial charge on any atom is 0.573 e. The number of hydrogen-bond donors (Lipinski definition) is 2. The predicted octanol–water partition coefficient (Wildman–Crippen LogP) is 2.84. The molecule has 0 fully saturated rings. The van der Waals surface area contributed by atoms with Crippen molar-refractivity contribution in [1.29, 1.82) is 0 Å². The lowest BCUT2D eigenvalue weighted by Gasteiger charge is -2.13. The molecule has 0 saturated heterocycles. The summed E-state index contributed by atoms with van der Waals surface area (Å²) in [5.74, 6) is -0.169. The highest BCUT2D eigenvalue weighted by Crippen LogP contribution is 2.25. The molecule has 0 heterocycles. The molecule has 3 nitrogen and oxygen atoms in total. The van der Waals surface area contributed by atoms with Crippen LogP contribution in [-0.2, 0) is 6.54 Å². The first-order valence-corrected chi connectivity index (χ1v) is 6.18. The van der Waals surface area contributed by atoms with Gasteiger partial charge in [0.1, 0.15) is 5.75 Å². The van der Waals surface area contributed by atoms with Crippen LogP contribution in [0.4, 0.5) is 13.2 Å². The maximum absolute atomic E-state index is 12.2. The van der Waals surface area contributed by atoms with Gasteiger partial charge in [-0.15, -0.1) is 13.2 Å². The summed E-state index contributed by atoms with van der Waals surface area (Å²) in [5, 5.41) is 11.7. The van der Waals surface area contributed by atoms with Crippen molar-refractivity contribution in [2.24, 2.45) is 0 Å². The molecule has 0 aliphatic heterocycles. The van der Waals surface area contributed by atoms with E-state index < -0.39 is 6.36 Å². The fraction of sp³-hybridized carbons (Fsp3) is 0.538. The van der Waals surface area contributed by atoms with Gasteiger partial charge < -0.3 is 15.2 Å². The Morgan fingerprint density at radius 3 is 2.53 bits per heavy atom. The minimum atomic E-state index is -4.67. The molecule has 108 valence electrons. The number of aliphatic hydroxyl groups is 1. The first-order chi connectivity index (χ1) is 9.03. The van der Waals surface area contributed by atoms with E-state index in [2.05, 4.69) is 10.1 Å². The number of nitrogens with one attached hydrogen (secondary N) is 1. The molecule has 0 aliphatic carbocycles. The van der Waals surface area contributed by atoms with Gasteiger partial charge in [-0.25, -0.2) is 0 Å². The van der Waals surface area contributed by atoms with Gasteiger partial charge in [0, 0.05) is 18.7 Å². The van der Waals surface area contributed by atoms with Crippen molar-refractivity contribution in [3.05, 3.63) is 29.8 Å². The molecule has 0 bridgehead atoms. The Labute approximate surface area is 110 Å². The lowest BCUT2D eigenvalue weighted by molar-refractivity contribution is -0.274. The third kappa shape index (κ3) is 7.03. The predicted molar refractivity (Wildman–Crippen MR) is 65.8 cm³/mol. The first kappa shape index (κ1) is 15.8. The van der Waals surface area contributed by atoms with Gasteiger partial charge in [0.25, 0.3) is 0 Å². The van der Waals surface area contributed by atoms with Crippen LogP contribution in [0.15, 0.2) is 24.3 Å². The number of benzene rings is 1. The van der Waals surface area contributed by atoms with Crippen LogP contribution in [0.5, 0.6) is 5.75 Å². The quantitative estimate of drug-likeness (QED) is 0.718. The SMILES string of the molecule is OCCCCCNCc1ccccc1OC(F)(F)F. The van der Waals surface area contributed by atoms with Crippen molar-refractivity contribution in [1.82, 2.24) is 5.32 Å². The second-order valence-corrected chi connectivity index (χ2v) is 4.12. The number of halogens is 3. The highest BCUT2D eigenvalue weighted by Gasteiger charge is 2.31. The van der Waals surface area contributed by atoms with Crippen LogP contribution in [0, 0.1) is 0 Å². The van der Waals surface area contributed by atoms with Gasteiger partial charge in [0.15, 0.2) is 0 Å². The molecule has 0 aromatic heterocycles. The van der Waals surface area contributed by atoms with Gasteiger partial charge in [-0.1, -0.05) is 18.2 Å². The van der Waals surface area contributed by atoms with E-state index in [9.17, 15) is 13.2 Å². The van der Waals surface area contributed by atoms with Crippen molar-refractivity contribution in [2.45, 2.75) is 32.2 Å². The smallest absolute Gasteiger partial charge is 0.405 e. The van der Waals surface area contributed by atoms with Crippen LogP contribution in [0.25, 0.3) is 0 Å². The normalized spacial score (nSPS) is 11.6. The molecule has 0 unspecified atom stereocenters. The van der Waals surface area contributed by atoms with E-state index >= 15 is 0 Å². The molecule has 0 spiro atoms. The summed E-state index contributed by atoms with van der Waals surface area (Å²) in [6.07, 6.45) is -2.15. The Morgan fingerprint density at radius 2 is 1.84 bits per heavy atom. The van der Waals surface area contributed by atoms with Crippen LogP contribution >= 0.6 is 0 Å². The number of unbranched alkanes of at least 4 members (excludes halogenated alkanes) is 2. The zero-order chi connectivity index (χ0) is 14.1. The van der Waals surface area contributed by atoms with Crippen molar-refractivity contribution in [3.8, 4) is 5.75 Å². The van der Waals surface area contributed by atoms with Gasteiger partial charge in [-0.05, 0) is 31.9 Å². The third-order valence-electron chi connectivity index (χ3n) is 2.53. The van der Waals surface area contributed by atoms with Gasteiger partial charge in [-0.3, -0.25) is 0 Å². The highest BCUT2D eigenvalue weighted by molar-refractivity contribution is 5.33. The second kappa shape index (κ2) is 8.01. The van der Waals surface area contributed by atoms with Crippen LogP contribution in [0.3, 0.4) is 0 Å². The standard InChI is InChI=1S/C13H18F3NO2/c14-13(15,16)19-12-7-3-2-6-11(12)10-17-8-4-1-5-9-18/h2-3,6-7,17-18H,1,4-5,8-10H2. The Hall–Kier alpha value is -1.27. The summed E-state index contributed by atoms with van der Waals surface area (Å²) < 4.78 is 40.5. The van der Waals surface area contributed by atoms with Crippen LogP contribution in [0.1, 0.15) is 24.8 Å². The lowest BCUT2D eigenvalue weighted by Crippen LogP contribution is -2.20. The summed E-state index contributed by atoms with van der Waals surface area (Å²) in [7, 11) is 0. The number of rotatable bonds is 8. The molecule has 0 amide bonds. The van der Waals surface area contributed by atoms with Gasteiger partial charge in [0.2, 0.25) is 0 Å². The van der Waals surface area contributed by atoms with Gasteiger partial charge in [0.05, 0.1) is 0 Å². The van der Waals surface area contributed by atoms with Crippen LogP contribution in [-0.4, -0.2) is 24.6 Å². The summed E-state index contributed by atoms with van der Waals surface area (Å²) in [6, 6.07) is 6.08. The van der Waals surface area contributed by atoms with Crippen molar-refractivity contribution in [2.75, 3.05) is 13.2 Å². The zero-order valence-electron chi connectivity index (χ0n) is 10.5. The van der Waals surface area contributed by atoms with Crippen molar-refractivity contribution >= 4 is 0 Å². The van der Waals surface area contributed by atoms with E-state index in [4.69, 9.17) is 5.11 Å². The minimum absolute atomic E-state index is 0.169. The van der Waals surface area contributed by atoms with Crippen LogP contribution < -0.4 is 10.1 Å². The lowest BCUT2D eigenvalue weighted by atomic mass is 10.2. The summed E-state index contributed by atoms with van der Waals surface area (Å²) in [4.78, 5) is 0. The van der Waals surface area contributed by atoms with E-state index in [1.807, 2.05) is 0 Å². The molecule has 1 aromatic carbocycles. The maximum atomic E-state index is 12.2. The topological polar surface area (TPSA) is 41.5 Å². The molecular weight excluding hydrogens is 259 g/mol. The summed E-state index contributed by atoms with van der Waals surface area (Å²) in [6.45, 7) is 1.19. The number of aliphatic hydroxyl groups excluding tert-OH is 1. The fourth-order valence-corrected chi connectivity index (χ4v) is 1.64. The molecule has 2 N–H and O–H groups in total. The molecule has 19 heavy (non-hydrogen) atoms.